The van der Waals surface area contributed by atoms with E-state index in [4.69, 9.17) is 21.4 Å². The molecule has 0 saturated heterocycles. The molecule has 0 atom stereocenters. The maximum atomic E-state index is 10.9. The van der Waals surface area contributed by atoms with Crippen LogP contribution >= 0.6 is 11.6 Å². The third-order valence-corrected chi connectivity index (χ3v) is 4.43. The molecule has 0 fully saturated rings. The van der Waals surface area contributed by atoms with Crippen molar-refractivity contribution in [1.82, 2.24) is 15.0 Å². The Balaban J connectivity index is 1.76. The molecule has 0 spiro atoms. The SMILES string of the molecule is O=C(O)COc1ccc2cc1CCc1cncc(c1)Nc1ncc(Cl)c(n1)N2. The van der Waals surface area contributed by atoms with E-state index in [-0.39, 0.29) is 0 Å². The van der Waals surface area contributed by atoms with Crippen molar-refractivity contribution in [2.24, 2.45) is 0 Å². The van der Waals surface area contributed by atoms with Crippen molar-refractivity contribution in [2.45, 2.75) is 12.8 Å². The number of ether oxygens (including phenoxy) is 1. The summed E-state index contributed by atoms with van der Waals surface area (Å²) < 4.78 is 5.44. The van der Waals surface area contributed by atoms with Crippen LogP contribution in [-0.2, 0) is 17.6 Å². The van der Waals surface area contributed by atoms with Crippen LogP contribution in [0.1, 0.15) is 11.1 Å². The normalized spacial score (nSPS) is 12.5. The van der Waals surface area contributed by atoms with Gasteiger partial charge in [-0.2, -0.15) is 4.98 Å². The minimum absolute atomic E-state index is 0.375. The number of benzene rings is 1. The molecular weight excluding hydrogens is 382 g/mol. The summed E-state index contributed by atoms with van der Waals surface area (Å²) >= 11 is 6.23. The van der Waals surface area contributed by atoms with E-state index in [9.17, 15) is 4.79 Å². The molecule has 9 heteroatoms. The van der Waals surface area contributed by atoms with E-state index >= 15 is 0 Å². The summed E-state index contributed by atoms with van der Waals surface area (Å²) in [5.74, 6) is 0.348. The van der Waals surface area contributed by atoms with Crippen LogP contribution in [0.4, 0.5) is 23.1 Å². The Hall–Kier alpha value is -3.39. The largest absolute Gasteiger partial charge is 0.482 e. The summed E-state index contributed by atoms with van der Waals surface area (Å²) in [4.78, 5) is 23.8. The smallest absolute Gasteiger partial charge is 0.341 e. The maximum Gasteiger partial charge on any atom is 0.341 e. The molecule has 8 nitrogen and oxygen atoms in total. The highest BCUT2D eigenvalue weighted by molar-refractivity contribution is 6.32. The van der Waals surface area contributed by atoms with Crippen molar-refractivity contribution in [3.8, 4) is 5.75 Å². The van der Waals surface area contributed by atoms with E-state index in [1.54, 1.807) is 24.5 Å². The first kappa shape index (κ1) is 18.0. The van der Waals surface area contributed by atoms with Crippen LogP contribution < -0.4 is 15.4 Å². The van der Waals surface area contributed by atoms with Gasteiger partial charge >= 0.3 is 5.97 Å². The number of nitrogens with zero attached hydrogens (tertiary/aromatic N) is 3. The molecule has 1 aromatic carbocycles. The number of fused-ring (bicyclic) bond motifs is 6. The zero-order valence-corrected chi connectivity index (χ0v) is 15.4. The van der Waals surface area contributed by atoms with Crippen molar-refractivity contribution in [1.29, 1.82) is 0 Å². The van der Waals surface area contributed by atoms with Crippen molar-refractivity contribution >= 4 is 40.7 Å². The molecule has 1 aliphatic rings. The lowest BCUT2D eigenvalue weighted by Crippen LogP contribution is -2.11. The molecular formula is C19H16ClN5O3. The zero-order chi connectivity index (χ0) is 19.5. The molecule has 3 N–H and O–H groups in total. The minimum atomic E-state index is -1.03. The van der Waals surface area contributed by atoms with Crippen LogP contribution in [-0.4, -0.2) is 32.6 Å². The van der Waals surface area contributed by atoms with Gasteiger partial charge in [-0.3, -0.25) is 4.98 Å². The molecule has 142 valence electrons. The summed E-state index contributed by atoms with van der Waals surface area (Å²) in [6, 6.07) is 7.39. The van der Waals surface area contributed by atoms with Gasteiger partial charge in [0.25, 0.3) is 0 Å². The first-order valence-electron chi connectivity index (χ1n) is 8.55. The third kappa shape index (κ3) is 4.12. The van der Waals surface area contributed by atoms with Gasteiger partial charge in [-0.1, -0.05) is 11.6 Å². The lowest BCUT2D eigenvalue weighted by Gasteiger charge is -2.13. The van der Waals surface area contributed by atoms with Crippen molar-refractivity contribution < 1.29 is 14.6 Å². The number of carbonyl (C=O) groups is 1. The number of rotatable bonds is 3. The molecule has 0 aliphatic carbocycles. The van der Waals surface area contributed by atoms with Crippen LogP contribution in [0.2, 0.25) is 5.02 Å². The fourth-order valence-corrected chi connectivity index (χ4v) is 3.02. The van der Waals surface area contributed by atoms with Crippen LogP contribution in [0.5, 0.6) is 5.75 Å². The van der Waals surface area contributed by atoms with E-state index < -0.39 is 12.6 Å². The van der Waals surface area contributed by atoms with E-state index in [0.717, 1.165) is 22.5 Å². The van der Waals surface area contributed by atoms with Crippen molar-refractivity contribution in [3.05, 3.63) is 59.0 Å². The van der Waals surface area contributed by atoms with Crippen molar-refractivity contribution in [2.75, 3.05) is 17.2 Å². The lowest BCUT2D eigenvalue weighted by molar-refractivity contribution is -0.139. The monoisotopic (exact) mass is 397 g/mol. The van der Waals surface area contributed by atoms with Gasteiger partial charge in [-0.15, -0.1) is 0 Å². The number of anilines is 4. The number of aryl methyl sites for hydroxylation is 2. The molecule has 6 bridgehead atoms. The molecule has 3 aromatic rings. The molecule has 0 unspecified atom stereocenters. The summed E-state index contributed by atoms with van der Waals surface area (Å²) in [5.41, 5.74) is 3.41. The number of carboxylic acid groups (broad SMARTS) is 1. The number of hydrogen-bond donors (Lipinski definition) is 3. The fourth-order valence-electron chi connectivity index (χ4n) is 2.89. The highest BCUT2D eigenvalue weighted by Crippen LogP contribution is 2.30. The van der Waals surface area contributed by atoms with Gasteiger partial charge in [-0.05, 0) is 48.2 Å². The lowest BCUT2D eigenvalue weighted by atomic mass is 10.0. The summed E-state index contributed by atoms with van der Waals surface area (Å²) in [7, 11) is 0. The highest BCUT2D eigenvalue weighted by Gasteiger charge is 2.12. The predicted octanol–water partition coefficient (Wildman–Crippen LogP) is 3.57. The summed E-state index contributed by atoms with van der Waals surface area (Å²) in [6.07, 6.45) is 6.34. The first-order chi connectivity index (χ1) is 13.6. The number of nitrogens with one attached hydrogen (secondary N) is 2. The molecule has 2 aromatic heterocycles. The molecule has 0 amide bonds. The number of aromatic nitrogens is 3. The Kier molecular flexibility index (Phi) is 4.94. The van der Waals surface area contributed by atoms with Crippen LogP contribution in [0.25, 0.3) is 0 Å². The van der Waals surface area contributed by atoms with E-state index in [2.05, 4.69) is 25.6 Å². The number of aliphatic carboxylic acids is 1. The number of pyridine rings is 1. The number of hydrogen-bond acceptors (Lipinski definition) is 7. The minimum Gasteiger partial charge on any atom is -0.482 e. The number of halogens is 1. The standard InChI is InChI=1S/C19H16ClN5O3/c20-15-9-22-19-24-14-5-11(7-21-8-14)1-2-12-6-13(23-18(15)25-19)3-4-16(12)28-10-17(26)27/h3-9H,1-2,10H2,(H,26,27)(H2,22,23,24,25). The van der Waals surface area contributed by atoms with Crippen LogP contribution in [0.3, 0.4) is 0 Å². The van der Waals surface area contributed by atoms with E-state index in [1.807, 2.05) is 12.1 Å². The average molecular weight is 398 g/mol. The quantitative estimate of drug-likeness (QED) is 0.615. The topological polar surface area (TPSA) is 109 Å². The van der Waals surface area contributed by atoms with Gasteiger partial charge in [0.2, 0.25) is 5.95 Å². The van der Waals surface area contributed by atoms with Gasteiger partial charge in [0, 0.05) is 11.9 Å². The molecule has 0 saturated carbocycles. The Morgan fingerprint density at radius 2 is 2.04 bits per heavy atom. The molecule has 3 heterocycles. The Labute approximate surface area is 165 Å². The summed E-state index contributed by atoms with van der Waals surface area (Å²) in [6.45, 7) is -0.401. The van der Waals surface area contributed by atoms with Crippen LogP contribution in [0, 0.1) is 0 Å². The molecule has 0 radical (unpaired) electrons. The number of carboxylic acids is 1. The van der Waals surface area contributed by atoms with E-state index in [1.165, 1.54) is 6.20 Å². The van der Waals surface area contributed by atoms with Gasteiger partial charge in [-0.25, -0.2) is 9.78 Å². The van der Waals surface area contributed by atoms with Crippen LogP contribution in [0.15, 0.2) is 42.9 Å². The summed E-state index contributed by atoms with van der Waals surface area (Å²) in [5, 5.41) is 15.6. The second-order valence-corrected chi connectivity index (χ2v) is 6.63. The second-order valence-electron chi connectivity index (χ2n) is 6.23. The first-order valence-corrected chi connectivity index (χ1v) is 8.92. The second kappa shape index (κ2) is 7.69. The third-order valence-electron chi connectivity index (χ3n) is 4.15. The Bertz CT molecular complexity index is 1040. The molecule has 1 aliphatic heterocycles. The molecule has 28 heavy (non-hydrogen) atoms. The average Bonchev–Trinajstić information content (AvgIpc) is 2.68. The van der Waals surface area contributed by atoms with E-state index in [0.29, 0.717) is 35.4 Å². The van der Waals surface area contributed by atoms with Gasteiger partial charge < -0.3 is 20.5 Å². The zero-order valence-electron chi connectivity index (χ0n) is 14.6. The Morgan fingerprint density at radius 3 is 2.89 bits per heavy atom. The predicted molar refractivity (Wildman–Crippen MR) is 105 cm³/mol. The van der Waals surface area contributed by atoms with Gasteiger partial charge in [0.05, 0.1) is 18.1 Å². The maximum absolute atomic E-state index is 10.9. The van der Waals surface area contributed by atoms with Crippen molar-refractivity contribution in [3.63, 3.8) is 0 Å². The van der Waals surface area contributed by atoms with Gasteiger partial charge in [0.1, 0.15) is 10.8 Å². The highest BCUT2D eigenvalue weighted by atomic mass is 35.5. The van der Waals surface area contributed by atoms with Gasteiger partial charge in [0.15, 0.2) is 12.4 Å². The molecule has 4 rings (SSSR count). The fraction of sp³-hybridized carbons (Fsp3) is 0.158. The Morgan fingerprint density at radius 1 is 1.14 bits per heavy atom.